The van der Waals surface area contributed by atoms with E-state index in [0.29, 0.717) is 6.04 Å². The molecule has 0 aromatic carbocycles. The number of likely N-dealkylation sites (N-methyl/N-ethyl adjacent to an activating group) is 1. The highest BCUT2D eigenvalue weighted by atomic mass is 15.3. The minimum Gasteiger partial charge on any atom is -0.302 e. The van der Waals surface area contributed by atoms with Crippen molar-refractivity contribution in [1.82, 2.24) is 10.3 Å². The van der Waals surface area contributed by atoms with Crippen molar-refractivity contribution >= 4 is 0 Å². The Labute approximate surface area is 113 Å². The lowest BCUT2D eigenvalue weighted by molar-refractivity contribution is 0.0421. The molecule has 108 valence electrons. The molecule has 3 atom stereocenters. The maximum atomic E-state index is 5.95. The van der Waals surface area contributed by atoms with E-state index >= 15 is 0 Å². The van der Waals surface area contributed by atoms with Crippen LogP contribution in [-0.2, 0) is 0 Å². The van der Waals surface area contributed by atoms with Crippen LogP contribution in [0.25, 0.3) is 0 Å². The number of rotatable bonds is 6. The first-order valence-electron chi connectivity index (χ1n) is 7.65. The maximum Gasteiger partial charge on any atom is 0.0422 e. The van der Waals surface area contributed by atoms with Crippen molar-refractivity contribution in [2.45, 2.75) is 70.9 Å². The molecular weight excluding hydrogens is 222 g/mol. The molecule has 0 bridgehead atoms. The third-order valence-corrected chi connectivity index (χ3v) is 5.32. The molecular formula is C15H33N3. The van der Waals surface area contributed by atoms with Crippen molar-refractivity contribution in [2.75, 3.05) is 14.1 Å². The minimum atomic E-state index is 0.191. The molecule has 0 radical (unpaired) electrons. The standard InChI is InChI=1S/C15H33N3/c1-6-15(7-2,18(4)5)14(17-16)13-10-8-9-12(3)11-13/h12-14,17H,6-11,16H2,1-5H3. The SMILES string of the molecule is CCC(CC)(C(NN)C1CCCC(C)C1)N(C)C. The maximum absolute atomic E-state index is 5.95. The van der Waals surface area contributed by atoms with Gasteiger partial charge >= 0.3 is 0 Å². The van der Waals surface area contributed by atoms with Crippen LogP contribution in [-0.4, -0.2) is 30.6 Å². The van der Waals surface area contributed by atoms with Crippen molar-refractivity contribution in [3.05, 3.63) is 0 Å². The van der Waals surface area contributed by atoms with Crippen molar-refractivity contribution in [2.24, 2.45) is 17.7 Å². The Bertz CT molecular complexity index is 236. The molecule has 3 heteroatoms. The number of nitrogens with one attached hydrogen (secondary N) is 1. The summed E-state index contributed by atoms with van der Waals surface area (Å²) in [6.45, 7) is 6.97. The van der Waals surface area contributed by atoms with Gasteiger partial charge in [-0.1, -0.05) is 33.6 Å². The Morgan fingerprint density at radius 1 is 1.28 bits per heavy atom. The Morgan fingerprint density at radius 3 is 2.28 bits per heavy atom. The largest absolute Gasteiger partial charge is 0.302 e. The molecule has 1 rings (SSSR count). The molecule has 0 heterocycles. The van der Waals surface area contributed by atoms with Gasteiger partial charge in [-0.2, -0.15) is 0 Å². The summed E-state index contributed by atoms with van der Waals surface area (Å²) in [5, 5.41) is 0. The lowest BCUT2D eigenvalue weighted by atomic mass is 9.70. The van der Waals surface area contributed by atoms with E-state index in [1.807, 2.05) is 0 Å². The van der Waals surface area contributed by atoms with Gasteiger partial charge in [0.1, 0.15) is 0 Å². The molecule has 3 unspecified atom stereocenters. The van der Waals surface area contributed by atoms with Gasteiger partial charge in [0.05, 0.1) is 0 Å². The van der Waals surface area contributed by atoms with Gasteiger partial charge in [0.15, 0.2) is 0 Å². The van der Waals surface area contributed by atoms with Gasteiger partial charge in [-0.05, 0) is 51.6 Å². The first-order chi connectivity index (χ1) is 8.51. The van der Waals surface area contributed by atoms with Crippen LogP contribution in [0.3, 0.4) is 0 Å². The summed E-state index contributed by atoms with van der Waals surface area (Å²) in [6, 6.07) is 0.408. The van der Waals surface area contributed by atoms with Gasteiger partial charge in [0, 0.05) is 11.6 Å². The third-order valence-electron chi connectivity index (χ3n) is 5.32. The fourth-order valence-electron chi connectivity index (χ4n) is 4.11. The molecule has 1 aliphatic rings. The van der Waals surface area contributed by atoms with Gasteiger partial charge in [-0.15, -0.1) is 0 Å². The van der Waals surface area contributed by atoms with E-state index in [0.717, 1.165) is 24.7 Å². The van der Waals surface area contributed by atoms with Crippen LogP contribution in [0.2, 0.25) is 0 Å². The van der Waals surface area contributed by atoms with Crippen LogP contribution in [0.4, 0.5) is 0 Å². The monoisotopic (exact) mass is 255 g/mol. The predicted octanol–water partition coefficient (Wildman–Crippen LogP) is 2.77. The normalized spacial score (nSPS) is 27.5. The second-order valence-corrected chi connectivity index (χ2v) is 6.38. The highest BCUT2D eigenvalue weighted by Crippen LogP contribution is 2.38. The van der Waals surface area contributed by atoms with E-state index in [2.05, 4.69) is 45.2 Å². The molecule has 0 saturated heterocycles. The van der Waals surface area contributed by atoms with Gasteiger partial charge in [0.25, 0.3) is 0 Å². The summed E-state index contributed by atoms with van der Waals surface area (Å²) in [6.07, 6.45) is 7.70. The summed E-state index contributed by atoms with van der Waals surface area (Å²) in [5.74, 6) is 7.53. The molecule has 3 nitrogen and oxygen atoms in total. The van der Waals surface area contributed by atoms with E-state index in [-0.39, 0.29) is 5.54 Å². The third kappa shape index (κ3) is 3.06. The van der Waals surface area contributed by atoms with Crippen molar-refractivity contribution < 1.29 is 0 Å². The molecule has 0 aromatic rings. The summed E-state index contributed by atoms with van der Waals surface area (Å²) < 4.78 is 0. The Balaban J connectivity index is 2.90. The van der Waals surface area contributed by atoms with Crippen LogP contribution in [0, 0.1) is 11.8 Å². The zero-order valence-corrected chi connectivity index (χ0v) is 13.0. The number of hydrogen-bond donors (Lipinski definition) is 2. The highest BCUT2D eigenvalue weighted by Gasteiger charge is 2.42. The van der Waals surface area contributed by atoms with Crippen molar-refractivity contribution in [3.8, 4) is 0 Å². The zero-order chi connectivity index (χ0) is 13.8. The molecule has 1 saturated carbocycles. The second kappa shape index (κ2) is 6.88. The quantitative estimate of drug-likeness (QED) is 0.566. The average Bonchev–Trinajstić information content (AvgIpc) is 2.35. The van der Waals surface area contributed by atoms with E-state index in [1.165, 1.54) is 25.7 Å². The molecule has 1 aliphatic carbocycles. The smallest absolute Gasteiger partial charge is 0.0422 e. The second-order valence-electron chi connectivity index (χ2n) is 6.38. The molecule has 3 N–H and O–H groups in total. The molecule has 0 spiro atoms. The summed E-state index contributed by atoms with van der Waals surface area (Å²) in [5.41, 5.74) is 3.37. The Kier molecular flexibility index (Phi) is 6.09. The molecule has 18 heavy (non-hydrogen) atoms. The average molecular weight is 255 g/mol. The molecule has 0 amide bonds. The fraction of sp³-hybridized carbons (Fsp3) is 1.00. The van der Waals surface area contributed by atoms with E-state index in [9.17, 15) is 0 Å². The van der Waals surface area contributed by atoms with E-state index < -0.39 is 0 Å². The first kappa shape index (κ1) is 15.9. The van der Waals surface area contributed by atoms with Crippen LogP contribution in [0.1, 0.15) is 59.3 Å². The Morgan fingerprint density at radius 2 is 1.89 bits per heavy atom. The van der Waals surface area contributed by atoms with Crippen LogP contribution >= 0.6 is 0 Å². The highest BCUT2D eigenvalue weighted by molar-refractivity contribution is 5.00. The van der Waals surface area contributed by atoms with Gasteiger partial charge in [-0.25, -0.2) is 0 Å². The van der Waals surface area contributed by atoms with Crippen LogP contribution < -0.4 is 11.3 Å². The molecule has 0 aliphatic heterocycles. The van der Waals surface area contributed by atoms with Gasteiger partial charge < -0.3 is 4.90 Å². The molecule has 1 fully saturated rings. The number of hydrogen-bond acceptors (Lipinski definition) is 3. The predicted molar refractivity (Wildman–Crippen MR) is 79.2 cm³/mol. The van der Waals surface area contributed by atoms with E-state index in [4.69, 9.17) is 5.84 Å². The number of hydrazine groups is 1. The lowest BCUT2D eigenvalue weighted by Gasteiger charge is -2.49. The van der Waals surface area contributed by atoms with Gasteiger partial charge in [0.2, 0.25) is 0 Å². The number of nitrogens with two attached hydrogens (primary N) is 1. The summed E-state index contributed by atoms with van der Waals surface area (Å²) >= 11 is 0. The first-order valence-corrected chi connectivity index (χ1v) is 7.65. The van der Waals surface area contributed by atoms with E-state index in [1.54, 1.807) is 0 Å². The lowest BCUT2D eigenvalue weighted by Crippen LogP contribution is -2.63. The van der Waals surface area contributed by atoms with Crippen molar-refractivity contribution in [1.29, 1.82) is 0 Å². The topological polar surface area (TPSA) is 41.3 Å². The summed E-state index contributed by atoms with van der Waals surface area (Å²) in [7, 11) is 4.40. The Hall–Kier alpha value is -0.120. The number of nitrogens with zero attached hydrogens (tertiary/aromatic N) is 1. The fourth-order valence-corrected chi connectivity index (χ4v) is 4.11. The van der Waals surface area contributed by atoms with Crippen molar-refractivity contribution in [3.63, 3.8) is 0 Å². The van der Waals surface area contributed by atoms with Gasteiger partial charge in [-0.3, -0.25) is 11.3 Å². The minimum absolute atomic E-state index is 0.191. The summed E-state index contributed by atoms with van der Waals surface area (Å²) in [4.78, 5) is 2.39. The van der Waals surface area contributed by atoms with Crippen LogP contribution in [0.15, 0.2) is 0 Å². The zero-order valence-electron chi connectivity index (χ0n) is 13.0. The van der Waals surface area contributed by atoms with Crippen LogP contribution in [0.5, 0.6) is 0 Å². The molecule has 0 aromatic heterocycles.